The molecular formula is C13H19N3O2S. The molecule has 0 saturated heterocycles. The van der Waals surface area contributed by atoms with Gasteiger partial charge < -0.3 is 5.32 Å². The maximum atomic E-state index is 12.3. The first-order valence-corrected chi connectivity index (χ1v) is 7.48. The second-order valence-corrected chi connectivity index (χ2v) is 6.36. The zero-order valence-electron chi connectivity index (χ0n) is 11.4. The molecular weight excluding hydrogens is 262 g/mol. The summed E-state index contributed by atoms with van der Waals surface area (Å²) in [6.45, 7) is 2.16. The van der Waals surface area contributed by atoms with Crippen LogP contribution in [0.4, 0.5) is 0 Å². The Morgan fingerprint density at radius 1 is 1.47 bits per heavy atom. The molecule has 0 radical (unpaired) electrons. The van der Waals surface area contributed by atoms with Crippen molar-refractivity contribution in [3.05, 3.63) is 29.8 Å². The Kier molecular flexibility index (Phi) is 5.48. The molecule has 0 saturated carbocycles. The lowest BCUT2D eigenvalue weighted by Crippen LogP contribution is -2.28. The van der Waals surface area contributed by atoms with Crippen molar-refractivity contribution in [3.63, 3.8) is 0 Å². The second kappa shape index (κ2) is 6.66. The summed E-state index contributed by atoms with van der Waals surface area (Å²) in [5.74, 6) is 0. The van der Waals surface area contributed by atoms with E-state index in [1.165, 1.54) is 11.4 Å². The number of hydrogen-bond donors (Lipinski definition) is 1. The van der Waals surface area contributed by atoms with Crippen molar-refractivity contribution in [1.29, 1.82) is 5.26 Å². The monoisotopic (exact) mass is 281 g/mol. The van der Waals surface area contributed by atoms with Crippen molar-refractivity contribution in [2.24, 2.45) is 0 Å². The highest BCUT2D eigenvalue weighted by molar-refractivity contribution is 7.89. The van der Waals surface area contributed by atoms with E-state index in [2.05, 4.69) is 5.32 Å². The fourth-order valence-corrected chi connectivity index (χ4v) is 2.85. The number of nitriles is 1. The van der Waals surface area contributed by atoms with E-state index in [0.29, 0.717) is 0 Å². The lowest BCUT2D eigenvalue weighted by atomic mass is 10.1. The molecule has 1 unspecified atom stereocenters. The largest absolute Gasteiger partial charge is 0.313 e. The van der Waals surface area contributed by atoms with Crippen LogP contribution in [0, 0.1) is 11.3 Å². The van der Waals surface area contributed by atoms with Crippen molar-refractivity contribution in [3.8, 4) is 6.07 Å². The molecule has 0 aromatic heterocycles. The topological polar surface area (TPSA) is 73.2 Å². The molecule has 104 valence electrons. The molecule has 0 fully saturated rings. The van der Waals surface area contributed by atoms with Crippen LogP contribution < -0.4 is 5.32 Å². The van der Waals surface area contributed by atoms with Crippen molar-refractivity contribution < 1.29 is 8.42 Å². The van der Waals surface area contributed by atoms with E-state index < -0.39 is 10.0 Å². The molecule has 6 heteroatoms. The van der Waals surface area contributed by atoms with Gasteiger partial charge in [0, 0.05) is 26.1 Å². The van der Waals surface area contributed by atoms with Gasteiger partial charge in [-0.3, -0.25) is 0 Å². The minimum absolute atomic E-state index is 0.0829. The molecule has 19 heavy (non-hydrogen) atoms. The van der Waals surface area contributed by atoms with Gasteiger partial charge in [0.25, 0.3) is 0 Å². The molecule has 0 spiro atoms. The summed E-state index contributed by atoms with van der Waals surface area (Å²) in [5.41, 5.74) is 0.914. The number of nitrogens with zero attached hydrogens (tertiary/aromatic N) is 2. The molecule has 1 rings (SSSR count). The summed E-state index contributed by atoms with van der Waals surface area (Å²) < 4.78 is 25.8. The second-order valence-electron chi connectivity index (χ2n) is 4.32. The Labute approximate surface area is 114 Å². The fourth-order valence-electron chi connectivity index (χ4n) is 1.62. The molecule has 5 nitrogen and oxygen atoms in total. The van der Waals surface area contributed by atoms with Gasteiger partial charge in [-0.2, -0.15) is 9.57 Å². The maximum Gasteiger partial charge on any atom is 0.242 e. The summed E-state index contributed by atoms with van der Waals surface area (Å²) in [5, 5.41) is 11.6. The fraction of sp³-hybridized carbons (Fsp3) is 0.462. The van der Waals surface area contributed by atoms with Crippen molar-refractivity contribution in [2.75, 3.05) is 20.6 Å². The average Bonchev–Trinajstić information content (AvgIpc) is 2.43. The third kappa shape index (κ3) is 3.77. The lowest BCUT2D eigenvalue weighted by Gasteiger charge is -2.17. The van der Waals surface area contributed by atoms with E-state index >= 15 is 0 Å². The SMILES string of the molecule is CNC(C)c1cccc(S(=O)(=O)N(C)CCC#N)c1. The van der Waals surface area contributed by atoms with Gasteiger partial charge in [0.15, 0.2) is 0 Å². The van der Waals surface area contributed by atoms with E-state index in [1.807, 2.05) is 26.1 Å². The highest BCUT2D eigenvalue weighted by Crippen LogP contribution is 2.19. The molecule has 1 N–H and O–H groups in total. The Balaban J connectivity index is 3.05. The Morgan fingerprint density at radius 3 is 2.74 bits per heavy atom. The van der Waals surface area contributed by atoms with Gasteiger partial charge in [0.2, 0.25) is 10.0 Å². The van der Waals surface area contributed by atoms with Crippen LogP contribution in [-0.2, 0) is 10.0 Å². The standard InChI is InChI=1S/C13H19N3O2S/c1-11(15-2)12-6-4-7-13(10-12)19(17,18)16(3)9-5-8-14/h4,6-7,10-11,15H,5,9H2,1-3H3. The van der Waals surface area contributed by atoms with E-state index in [9.17, 15) is 8.42 Å². The van der Waals surface area contributed by atoms with E-state index in [1.54, 1.807) is 18.2 Å². The molecule has 1 aromatic carbocycles. The Morgan fingerprint density at radius 2 is 2.16 bits per heavy atom. The number of rotatable bonds is 6. The summed E-state index contributed by atoms with van der Waals surface area (Å²) in [7, 11) is -0.210. The van der Waals surface area contributed by atoms with E-state index in [4.69, 9.17) is 5.26 Å². The van der Waals surface area contributed by atoms with Crippen LogP contribution in [-0.4, -0.2) is 33.4 Å². The molecule has 0 amide bonds. The van der Waals surface area contributed by atoms with Gasteiger partial charge >= 0.3 is 0 Å². The van der Waals surface area contributed by atoms with Crippen LogP contribution in [0.3, 0.4) is 0 Å². The van der Waals surface area contributed by atoms with Gasteiger partial charge in [0.05, 0.1) is 11.0 Å². The van der Waals surface area contributed by atoms with Crippen LogP contribution in [0.25, 0.3) is 0 Å². The first kappa shape index (κ1) is 15.6. The lowest BCUT2D eigenvalue weighted by molar-refractivity contribution is 0.476. The zero-order chi connectivity index (χ0) is 14.5. The highest BCUT2D eigenvalue weighted by atomic mass is 32.2. The van der Waals surface area contributed by atoms with Gasteiger partial charge in [-0.1, -0.05) is 12.1 Å². The first-order valence-electron chi connectivity index (χ1n) is 6.04. The zero-order valence-corrected chi connectivity index (χ0v) is 12.2. The summed E-state index contributed by atoms with van der Waals surface area (Å²) in [6.07, 6.45) is 0.183. The van der Waals surface area contributed by atoms with Crippen LogP contribution in [0.2, 0.25) is 0 Å². The van der Waals surface area contributed by atoms with Crippen molar-refractivity contribution in [2.45, 2.75) is 24.3 Å². The normalized spacial score (nSPS) is 13.2. The van der Waals surface area contributed by atoms with Crippen LogP contribution in [0.15, 0.2) is 29.2 Å². The van der Waals surface area contributed by atoms with Crippen LogP contribution in [0.5, 0.6) is 0 Å². The summed E-state index contributed by atoms with van der Waals surface area (Å²) >= 11 is 0. The van der Waals surface area contributed by atoms with Crippen LogP contribution >= 0.6 is 0 Å². The minimum Gasteiger partial charge on any atom is -0.313 e. The van der Waals surface area contributed by atoms with Gasteiger partial charge in [-0.25, -0.2) is 8.42 Å². The number of nitrogens with one attached hydrogen (secondary N) is 1. The minimum atomic E-state index is -3.52. The van der Waals surface area contributed by atoms with Gasteiger partial charge in [0.1, 0.15) is 0 Å². The van der Waals surface area contributed by atoms with Crippen molar-refractivity contribution >= 4 is 10.0 Å². The van der Waals surface area contributed by atoms with E-state index in [-0.39, 0.29) is 23.9 Å². The van der Waals surface area contributed by atoms with E-state index in [0.717, 1.165) is 5.56 Å². The number of benzene rings is 1. The quantitative estimate of drug-likeness (QED) is 0.857. The molecule has 1 aromatic rings. The van der Waals surface area contributed by atoms with Gasteiger partial charge in [-0.05, 0) is 31.7 Å². The summed E-state index contributed by atoms with van der Waals surface area (Å²) in [4.78, 5) is 0.257. The van der Waals surface area contributed by atoms with Crippen LogP contribution in [0.1, 0.15) is 24.9 Å². The molecule has 1 atom stereocenters. The summed E-state index contributed by atoms with van der Waals surface area (Å²) in [6, 6.07) is 8.88. The average molecular weight is 281 g/mol. The Bertz CT molecular complexity index is 563. The molecule has 0 aliphatic carbocycles. The first-order chi connectivity index (χ1) is 8.93. The molecule has 0 bridgehead atoms. The smallest absolute Gasteiger partial charge is 0.242 e. The van der Waals surface area contributed by atoms with Crippen molar-refractivity contribution in [1.82, 2.24) is 9.62 Å². The third-order valence-corrected chi connectivity index (χ3v) is 4.89. The highest BCUT2D eigenvalue weighted by Gasteiger charge is 2.21. The Hall–Kier alpha value is -1.42. The molecule has 0 heterocycles. The van der Waals surface area contributed by atoms with Gasteiger partial charge in [-0.15, -0.1) is 0 Å². The number of sulfonamides is 1. The predicted octanol–water partition coefficient (Wildman–Crippen LogP) is 1.50. The maximum absolute atomic E-state index is 12.3. The number of hydrogen-bond acceptors (Lipinski definition) is 4. The predicted molar refractivity (Wildman–Crippen MR) is 74.0 cm³/mol. The molecule has 0 aliphatic heterocycles. The molecule has 0 aliphatic rings. The third-order valence-electron chi connectivity index (χ3n) is 3.04.